The van der Waals surface area contributed by atoms with E-state index in [9.17, 15) is 0 Å². The van der Waals surface area contributed by atoms with Crippen LogP contribution in [0.4, 0.5) is 0 Å². The van der Waals surface area contributed by atoms with E-state index in [-0.39, 0.29) is 12.1 Å². The van der Waals surface area contributed by atoms with Gasteiger partial charge in [-0.05, 0) is 48.3 Å². The average Bonchev–Trinajstić information content (AvgIpc) is 2.61. The van der Waals surface area contributed by atoms with Crippen LogP contribution in [0.15, 0.2) is 9.85 Å². The Bertz CT molecular complexity index is 332. The van der Waals surface area contributed by atoms with Crippen molar-refractivity contribution >= 4 is 38.9 Å². The standard InChI is InChI=1S/C11H15BrClNOS/c1-14-10(8-4-2-3-5-15-8)9-6-7(13)11(12)16-9/h6,8,10,14H,2-5H2,1H3. The lowest BCUT2D eigenvalue weighted by Gasteiger charge is -2.29. The molecule has 1 aromatic heterocycles. The molecule has 0 aromatic carbocycles. The largest absolute Gasteiger partial charge is 0.376 e. The monoisotopic (exact) mass is 323 g/mol. The Morgan fingerprint density at radius 3 is 2.94 bits per heavy atom. The molecular weight excluding hydrogens is 310 g/mol. The summed E-state index contributed by atoms with van der Waals surface area (Å²) in [6.45, 7) is 0.878. The SMILES string of the molecule is CNC(c1cc(Cl)c(Br)s1)C1CCCCO1. The summed E-state index contributed by atoms with van der Waals surface area (Å²) in [6, 6.07) is 2.28. The number of rotatable bonds is 3. The van der Waals surface area contributed by atoms with Crippen LogP contribution in [0.3, 0.4) is 0 Å². The molecule has 1 aliphatic rings. The highest BCUT2D eigenvalue weighted by Gasteiger charge is 2.26. The summed E-state index contributed by atoms with van der Waals surface area (Å²) in [5.41, 5.74) is 0. The number of hydrogen-bond acceptors (Lipinski definition) is 3. The summed E-state index contributed by atoms with van der Waals surface area (Å²) in [5.74, 6) is 0. The zero-order chi connectivity index (χ0) is 11.5. The lowest BCUT2D eigenvalue weighted by Crippen LogP contribution is -2.33. The number of thiophene rings is 1. The maximum Gasteiger partial charge on any atom is 0.0888 e. The van der Waals surface area contributed by atoms with Gasteiger partial charge in [0.2, 0.25) is 0 Å². The van der Waals surface area contributed by atoms with Crippen LogP contribution in [-0.2, 0) is 4.74 Å². The first kappa shape index (κ1) is 12.8. The first-order valence-corrected chi connectivity index (χ1v) is 7.44. The van der Waals surface area contributed by atoms with Gasteiger partial charge in [-0.1, -0.05) is 11.6 Å². The van der Waals surface area contributed by atoms with Crippen LogP contribution in [0.25, 0.3) is 0 Å². The van der Waals surface area contributed by atoms with Gasteiger partial charge in [-0.15, -0.1) is 11.3 Å². The summed E-state index contributed by atoms with van der Waals surface area (Å²) in [4.78, 5) is 1.24. The van der Waals surface area contributed by atoms with E-state index in [2.05, 4.69) is 21.2 Å². The van der Waals surface area contributed by atoms with Gasteiger partial charge in [0.05, 0.1) is 21.0 Å². The third-order valence-electron chi connectivity index (χ3n) is 2.87. The van der Waals surface area contributed by atoms with Gasteiger partial charge in [0, 0.05) is 11.5 Å². The molecule has 5 heteroatoms. The predicted octanol–water partition coefficient (Wildman–Crippen LogP) is 3.99. The van der Waals surface area contributed by atoms with Crippen molar-refractivity contribution in [3.8, 4) is 0 Å². The fourth-order valence-corrected chi connectivity index (χ4v) is 3.97. The predicted molar refractivity (Wildman–Crippen MR) is 72.4 cm³/mol. The molecule has 0 bridgehead atoms. The molecule has 0 saturated carbocycles. The summed E-state index contributed by atoms with van der Waals surface area (Å²) in [5, 5.41) is 4.12. The maximum absolute atomic E-state index is 6.06. The van der Waals surface area contributed by atoms with Crippen LogP contribution in [0, 0.1) is 0 Å². The van der Waals surface area contributed by atoms with Crippen molar-refractivity contribution in [2.45, 2.75) is 31.4 Å². The molecule has 0 spiro atoms. The fourth-order valence-electron chi connectivity index (χ4n) is 2.06. The Hall–Kier alpha value is 0.390. The third kappa shape index (κ3) is 2.79. The molecule has 1 saturated heterocycles. The molecule has 90 valence electrons. The molecule has 2 rings (SSSR count). The highest BCUT2D eigenvalue weighted by Crippen LogP contribution is 2.38. The Labute approximate surface area is 113 Å². The zero-order valence-corrected chi connectivity index (χ0v) is 12.3. The van der Waals surface area contributed by atoms with E-state index < -0.39 is 0 Å². The molecule has 2 atom stereocenters. The second-order valence-corrected chi connectivity index (χ2v) is 6.75. The number of likely N-dealkylation sites (N-methyl/N-ethyl adjacent to an activating group) is 1. The minimum Gasteiger partial charge on any atom is -0.376 e. The molecule has 2 nitrogen and oxygen atoms in total. The first-order chi connectivity index (χ1) is 7.72. The molecule has 0 amide bonds. The Morgan fingerprint density at radius 1 is 1.62 bits per heavy atom. The molecule has 1 N–H and O–H groups in total. The van der Waals surface area contributed by atoms with Gasteiger partial charge in [0.25, 0.3) is 0 Å². The van der Waals surface area contributed by atoms with Crippen LogP contribution in [0.5, 0.6) is 0 Å². The smallest absolute Gasteiger partial charge is 0.0888 e. The zero-order valence-electron chi connectivity index (χ0n) is 9.13. The van der Waals surface area contributed by atoms with Crippen LogP contribution in [0.2, 0.25) is 5.02 Å². The van der Waals surface area contributed by atoms with E-state index in [1.807, 2.05) is 13.1 Å². The lowest BCUT2D eigenvalue weighted by atomic mass is 10.0. The van der Waals surface area contributed by atoms with Crippen molar-refractivity contribution in [3.05, 3.63) is 19.8 Å². The van der Waals surface area contributed by atoms with Gasteiger partial charge < -0.3 is 10.1 Å². The minimum atomic E-state index is 0.258. The number of hydrogen-bond donors (Lipinski definition) is 1. The van der Waals surface area contributed by atoms with E-state index in [1.165, 1.54) is 17.7 Å². The van der Waals surface area contributed by atoms with Crippen LogP contribution in [-0.4, -0.2) is 19.8 Å². The van der Waals surface area contributed by atoms with Gasteiger partial charge in [-0.2, -0.15) is 0 Å². The molecule has 2 unspecified atom stereocenters. The van der Waals surface area contributed by atoms with Gasteiger partial charge in [-0.25, -0.2) is 0 Å². The van der Waals surface area contributed by atoms with Crippen molar-refractivity contribution in [2.24, 2.45) is 0 Å². The molecule has 1 aromatic rings. The van der Waals surface area contributed by atoms with E-state index in [0.717, 1.165) is 21.8 Å². The molecule has 0 aliphatic carbocycles. The van der Waals surface area contributed by atoms with Crippen LogP contribution < -0.4 is 5.32 Å². The third-order valence-corrected chi connectivity index (χ3v) is 5.43. The minimum absolute atomic E-state index is 0.258. The normalized spacial score (nSPS) is 23.3. The quantitative estimate of drug-likeness (QED) is 0.907. The molecular formula is C11H15BrClNOS. The van der Waals surface area contributed by atoms with Crippen molar-refractivity contribution in [3.63, 3.8) is 0 Å². The highest BCUT2D eigenvalue weighted by molar-refractivity contribution is 9.11. The summed E-state index contributed by atoms with van der Waals surface area (Å²) in [6.07, 6.45) is 3.84. The van der Waals surface area contributed by atoms with E-state index in [0.29, 0.717) is 0 Å². The van der Waals surface area contributed by atoms with E-state index in [4.69, 9.17) is 16.3 Å². The molecule has 2 heterocycles. The van der Waals surface area contributed by atoms with Crippen LogP contribution in [0.1, 0.15) is 30.2 Å². The van der Waals surface area contributed by atoms with Gasteiger partial charge in [0.15, 0.2) is 0 Å². The van der Waals surface area contributed by atoms with Crippen LogP contribution >= 0.6 is 38.9 Å². The molecule has 0 radical (unpaired) electrons. The maximum atomic E-state index is 6.06. The average molecular weight is 325 g/mol. The summed E-state index contributed by atoms with van der Waals surface area (Å²) >= 11 is 11.2. The number of nitrogens with one attached hydrogen (secondary N) is 1. The van der Waals surface area contributed by atoms with Crippen molar-refractivity contribution < 1.29 is 4.74 Å². The Balaban J connectivity index is 2.14. The van der Waals surface area contributed by atoms with Gasteiger partial charge in [0.1, 0.15) is 0 Å². The van der Waals surface area contributed by atoms with Gasteiger partial charge in [-0.3, -0.25) is 0 Å². The lowest BCUT2D eigenvalue weighted by molar-refractivity contribution is -0.00588. The van der Waals surface area contributed by atoms with Crippen molar-refractivity contribution in [1.29, 1.82) is 0 Å². The highest BCUT2D eigenvalue weighted by atomic mass is 79.9. The summed E-state index contributed by atoms with van der Waals surface area (Å²) < 4.78 is 6.82. The van der Waals surface area contributed by atoms with Crippen molar-refractivity contribution in [2.75, 3.05) is 13.7 Å². The first-order valence-electron chi connectivity index (χ1n) is 5.46. The Kier molecular flexibility index (Phi) is 4.67. The Morgan fingerprint density at radius 2 is 2.44 bits per heavy atom. The topological polar surface area (TPSA) is 21.3 Å². The van der Waals surface area contributed by atoms with E-state index >= 15 is 0 Å². The van der Waals surface area contributed by atoms with Gasteiger partial charge >= 0.3 is 0 Å². The second-order valence-electron chi connectivity index (χ2n) is 3.94. The molecule has 16 heavy (non-hydrogen) atoms. The number of ether oxygens (including phenoxy) is 1. The van der Waals surface area contributed by atoms with E-state index in [1.54, 1.807) is 11.3 Å². The molecule has 1 fully saturated rings. The summed E-state index contributed by atoms with van der Waals surface area (Å²) in [7, 11) is 1.98. The number of halogens is 2. The second kappa shape index (κ2) is 5.83. The van der Waals surface area contributed by atoms with Crippen molar-refractivity contribution in [1.82, 2.24) is 5.32 Å². The fraction of sp³-hybridized carbons (Fsp3) is 0.636. The molecule has 1 aliphatic heterocycles.